The van der Waals surface area contributed by atoms with Crippen LogP contribution in [0.3, 0.4) is 0 Å². The van der Waals surface area contributed by atoms with Crippen molar-refractivity contribution in [3.05, 3.63) is 77.0 Å². The van der Waals surface area contributed by atoms with Crippen LogP contribution in [-0.2, 0) is 23.1 Å². The molecular weight excluding hydrogens is 384 g/mol. The number of hydrogen-bond acceptors (Lipinski definition) is 3. The maximum atomic E-state index is 12.6. The van der Waals surface area contributed by atoms with Gasteiger partial charge in [-0.2, -0.15) is 5.10 Å². The number of aromatic amines is 1. The molecule has 3 atom stereocenters. The Morgan fingerprint density at radius 2 is 1.97 bits per heavy atom. The third kappa shape index (κ3) is 3.25. The second-order valence-corrected chi connectivity index (χ2v) is 9.19. The van der Waals surface area contributed by atoms with E-state index in [9.17, 15) is 9.90 Å². The van der Waals surface area contributed by atoms with Crippen LogP contribution in [0.2, 0.25) is 0 Å². The summed E-state index contributed by atoms with van der Waals surface area (Å²) in [5.41, 5.74) is 7.04. The molecule has 0 saturated heterocycles. The van der Waals surface area contributed by atoms with Crippen molar-refractivity contribution in [1.82, 2.24) is 10.2 Å². The number of H-pyrrole nitrogens is 1. The Kier molecular flexibility index (Phi) is 5.27. The van der Waals surface area contributed by atoms with Gasteiger partial charge >= 0.3 is 0 Å². The number of aliphatic hydroxyl groups excluding tert-OH is 1. The van der Waals surface area contributed by atoms with Gasteiger partial charge in [0.15, 0.2) is 0 Å². The lowest BCUT2D eigenvalue weighted by Crippen LogP contribution is -2.49. The number of ketones is 1. The van der Waals surface area contributed by atoms with Gasteiger partial charge < -0.3 is 5.11 Å². The van der Waals surface area contributed by atoms with Gasteiger partial charge in [0.2, 0.25) is 0 Å². The van der Waals surface area contributed by atoms with Gasteiger partial charge in [0, 0.05) is 35.5 Å². The summed E-state index contributed by atoms with van der Waals surface area (Å²) in [7, 11) is 0. The Morgan fingerprint density at radius 3 is 2.77 bits per heavy atom. The first-order valence-electron chi connectivity index (χ1n) is 11.5. The molecule has 1 heterocycles. The SMILES string of the molecule is C[C@@H]1C(=O)CC[C@]2(c3ccccc3)c3n[nH]c(-c4cccc(CCCO)c4)c3CC[C@@H]12. The zero-order valence-corrected chi connectivity index (χ0v) is 18.1. The van der Waals surface area contributed by atoms with Crippen LogP contribution in [0.15, 0.2) is 54.6 Å². The van der Waals surface area contributed by atoms with Gasteiger partial charge in [0.1, 0.15) is 5.78 Å². The number of hydrogen-bond donors (Lipinski definition) is 2. The van der Waals surface area contributed by atoms with Crippen LogP contribution in [0.4, 0.5) is 0 Å². The molecule has 1 saturated carbocycles. The molecule has 2 aliphatic rings. The molecule has 0 radical (unpaired) electrons. The Morgan fingerprint density at radius 1 is 1.13 bits per heavy atom. The molecule has 0 aliphatic heterocycles. The minimum Gasteiger partial charge on any atom is -0.396 e. The maximum absolute atomic E-state index is 12.6. The molecule has 4 heteroatoms. The van der Waals surface area contributed by atoms with Crippen molar-refractivity contribution in [1.29, 1.82) is 0 Å². The molecular formula is C27H30N2O2. The summed E-state index contributed by atoms with van der Waals surface area (Å²) in [5, 5.41) is 17.5. The smallest absolute Gasteiger partial charge is 0.136 e. The fraction of sp³-hybridized carbons (Fsp3) is 0.407. The number of Topliss-reactive ketones (excluding diaryl/α,β-unsaturated/α-hetero) is 1. The number of carbonyl (C=O) groups excluding carboxylic acids is 1. The minimum absolute atomic E-state index is 0.0593. The van der Waals surface area contributed by atoms with Crippen LogP contribution in [0.25, 0.3) is 11.3 Å². The lowest BCUT2D eigenvalue weighted by molar-refractivity contribution is -0.128. The van der Waals surface area contributed by atoms with E-state index in [2.05, 4.69) is 66.6 Å². The molecule has 2 aliphatic carbocycles. The normalized spacial score (nSPS) is 25.2. The number of carbonyl (C=O) groups is 1. The first kappa shape index (κ1) is 20.2. The minimum atomic E-state index is -0.203. The molecule has 31 heavy (non-hydrogen) atoms. The molecule has 2 N–H and O–H groups in total. The highest BCUT2D eigenvalue weighted by molar-refractivity contribution is 5.83. The quantitative estimate of drug-likeness (QED) is 0.627. The molecule has 1 fully saturated rings. The molecule has 160 valence electrons. The first-order valence-corrected chi connectivity index (χ1v) is 11.5. The lowest BCUT2D eigenvalue weighted by Gasteiger charge is -2.49. The highest BCUT2D eigenvalue weighted by Crippen LogP contribution is 2.55. The number of benzene rings is 2. The Hall–Kier alpha value is -2.72. The van der Waals surface area contributed by atoms with Crippen molar-refractivity contribution in [2.45, 2.75) is 50.9 Å². The average Bonchev–Trinajstić information content (AvgIpc) is 3.26. The van der Waals surface area contributed by atoms with E-state index >= 15 is 0 Å². The third-order valence-electron chi connectivity index (χ3n) is 7.63. The molecule has 4 nitrogen and oxygen atoms in total. The van der Waals surface area contributed by atoms with Gasteiger partial charge in [-0.05, 0) is 55.2 Å². The second-order valence-electron chi connectivity index (χ2n) is 9.19. The van der Waals surface area contributed by atoms with Crippen molar-refractivity contribution >= 4 is 5.78 Å². The molecule has 0 amide bonds. The van der Waals surface area contributed by atoms with Crippen molar-refractivity contribution < 1.29 is 9.90 Å². The summed E-state index contributed by atoms with van der Waals surface area (Å²) in [6.45, 7) is 2.33. The van der Waals surface area contributed by atoms with Crippen molar-refractivity contribution in [2.75, 3.05) is 6.61 Å². The van der Waals surface area contributed by atoms with Gasteiger partial charge in [-0.3, -0.25) is 9.89 Å². The molecule has 0 spiro atoms. The average molecular weight is 415 g/mol. The Labute approximate surface area is 183 Å². The molecule has 5 rings (SSSR count). The van der Waals surface area contributed by atoms with Crippen LogP contribution in [-0.4, -0.2) is 27.7 Å². The van der Waals surface area contributed by atoms with Gasteiger partial charge in [-0.25, -0.2) is 0 Å². The number of nitrogens with zero attached hydrogens (tertiary/aromatic N) is 1. The highest BCUT2D eigenvalue weighted by atomic mass is 16.2. The van der Waals surface area contributed by atoms with Crippen LogP contribution in [0, 0.1) is 11.8 Å². The van der Waals surface area contributed by atoms with Gasteiger partial charge in [0.25, 0.3) is 0 Å². The van der Waals surface area contributed by atoms with Gasteiger partial charge in [0.05, 0.1) is 11.4 Å². The summed E-state index contributed by atoms with van der Waals surface area (Å²) in [6, 6.07) is 19.3. The topological polar surface area (TPSA) is 66.0 Å². The number of aromatic nitrogens is 2. The Bertz CT molecular complexity index is 1090. The number of aliphatic hydroxyl groups is 1. The fourth-order valence-electron chi connectivity index (χ4n) is 6.09. The van der Waals surface area contributed by atoms with E-state index in [0.29, 0.717) is 12.2 Å². The summed E-state index contributed by atoms with van der Waals surface area (Å²) >= 11 is 0. The zero-order valence-electron chi connectivity index (χ0n) is 18.1. The van der Waals surface area contributed by atoms with Crippen LogP contribution >= 0.6 is 0 Å². The standard InChI is InChI=1S/C27H30N2O2/c1-18-23-13-12-22-25(20-9-5-7-19(17-20)8-6-16-30)28-29-26(22)27(23,15-14-24(18)31)21-10-3-2-4-11-21/h2-5,7,9-11,17-18,23,30H,6,8,12-16H2,1H3,(H,28,29)/t18-,23-,27+/m0/s1. The molecule has 2 aromatic carbocycles. The summed E-state index contributed by atoms with van der Waals surface area (Å²) < 4.78 is 0. The lowest BCUT2D eigenvalue weighted by atomic mass is 9.53. The molecule has 3 aromatic rings. The molecule has 0 bridgehead atoms. The monoisotopic (exact) mass is 414 g/mol. The first-order chi connectivity index (χ1) is 15.1. The van der Waals surface area contributed by atoms with E-state index in [1.54, 1.807) is 0 Å². The van der Waals surface area contributed by atoms with Gasteiger partial charge in [-0.15, -0.1) is 0 Å². The van der Waals surface area contributed by atoms with Crippen molar-refractivity contribution in [2.24, 2.45) is 11.8 Å². The number of nitrogens with one attached hydrogen (secondary N) is 1. The predicted octanol–water partition coefficient (Wildman–Crippen LogP) is 4.85. The van der Waals surface area contributed by atoms with Gasteiger partial charge in [-0.1, -0.05) is 55.5 Å². The predicted molar refractivity (Wildman–Crippen MR) is 122 cm³/mol. The van der Waals surface area contributed by atoms with E-state index < -0.39 is 0 Å². The maximum Gasteiger partial charge on any atom is 0.136 e. The van der Waals surface area contributed by atoms with Crippen LogP contribution in [0.5, 0.6) is 0 Å². The van der Waals surface area contributed by atoms with Crippen LogP contribution in [0.1, 0.15) is 55.0 Å². The van der Waals surface area contributed by atoms with E-state index in [1.807, 2.05) is 0 Å². The zero-order chi connectivity index (χ0) is 21.4. The summed E-state index contributed by atoms with van der Waals surface area (Å²) in [5.74, 6) is 0.743. The van der Waals surface area contributed by atoms with E-state index in [4.69, 9.17) is 5.10 Å². The third-order valence-corrected chi connectivity index (χ3v) is 7.63. The molecule has 0 unspecified atom stereocenters. The van der Waals surface area contributed by atoms with E-state index in [0.717, 1.165) is 49.1 Å². The van der Waals surface area contributed by atoms with E-state index in [1.165, 1.54) is 16.7 Å². The fourth-order valence-corrected chi connectivity index (χ4v) is 6.09. The van der Waals surface area contributed by atoms with Crippen molar-refractivity contribution in [3.63, 3.8) is 0 Å². The van der Waals surface area contributed by atoms with Crippen molar-refractivity contribution in [3.8, 4) is 11.3 Å². The molecule has 1 aromatic heterocycles. The largest absolute Gasteiger partial charge is 0.396 e. The number of aryl methyl sites for hydroxylation is 1. The second kappa shape index (κ2) is 8.08. The van der Waals surface area contributed by atoms with Crippen LogP contribution < -0.4 is 0 Å². The Balaban J connectivity index is 1.63. The summed E-state index contributed by atoms with van der Waals surface area (Å²) in [6.07, 6.45) is 5.04. The highest BCUT2D eigenvalue weighted by Gasteiger charge is 2.53. The number of rotatable bonds is 5. The summed E-state index contributed by atoms with van der Waals surface area (Å²) in [4.78, 5) is 12.6. The number of fused-ring (bicyclic) bond motifs is 3. The van der Waals surface area contributed by atoms with E-state index in [-0.39, 0.29) is 23.9 Å².